The van der Waals surface area contributed by atoms with E-state index in [0.29, 0.717) is 168 Å². The Labute approximate surface area is 872 Å². The molecule has 1 N–H and O–H groups in total. The smallest absolute Gasteiger partial charge is 0.418 e. The number of carbonyl (C=O) groups excluding carboxylic acids is 7. The van der Waals surface area contributed by atoms with Crippen molar-refractivity contribution in [3.63, 3.8) is 0 Å². The van der Waals surface area contributed by atoms with Crippen LogP contribution in [0.2, 0.25) is 5.02 Å². The van der Waals surface area contributed by atoms with Crippen molar-refractivity contribution in [1.29, 1.82) is 0 Å². The number of carbonyl (C=O) groups is 7. The predicted molar refractivity (Wildman–Crippen MR) is 575 cm³/mol. The van der Waals surface area contributed by atoms with Crippen LogP contribution in [0.1, 0.15) is 236 Å². The van der Waals surface area contributed by atoms with Gasteiger partial charge in [0.15, 0.2) is 40.5 Å². The second-order valence-corrected chi connectivity index (χ2v) is 40.1. The van der Waals surface area contributed by atoms with Crippen molar-refractivity contribution in [3.8, 4) is 5.75 Å². The third kappa shape index (κ3) is 22.9. The summed E-state index contributed by atoms with van der Waals surface area (Å²) in [4.78, 5) is 205. The summed E-state index contributed by atoms with van der Waals surface area (Å²) >= 11 is 9.51. The van der Waals surface area contributed by atoms with Gasteiger partial charge in [-0.1, -0.05) is 159 Å². The zero-order valence-corrected chi connectivity index (χ0v) is 86.1. The summed E-state index contributed by atoms with van der Waals surface area (Å²) in [5.74, 6) is 2.06. The number of allylic oxidation sites excluding steroid dienone is 7. The predicted octanol–water partition coefficient (Wildman–Crippen LogP) is 21.1. The number of nitrogens with zero attached hydrogens (tertiary/aromatic N) is 14. The highest BCUT2D eigenvalue weighted by molar-refractivity contribution is 9.10. The topological polar surface area (TPSA) is 384 Å². The molecule has 7 saturated carbocycles. The van der Waals surface area contributed by atoms with Crippen LogP contribution < -0.4 is 38.9 Å². The number of hydrogen-bond acceptors (Lipinski definition) is 22. The summed E-state index contributed by atoms with van der Waals surface area (Å²) < 4.78 is 64.1. The van der Waals surface area contributed by atoms with Gasteiger partial charge in [-0.05, 0) is 245 Å². The van der Waals surface area contributed by atoms with Crippen molar-refractivity contribution in [2.45, 2.75) is 246 Å². The summed E-state index contributed by atoms with van der Waals surface area (Å²) in [6.07, 6.45) is 8.29. The van der Waals surface area contributed by atoms with Crippen molar-refractivity contribution in [3.05, 3.63) is 358 Å². The molecule has 0 bridgehead atoms. The van der Waals surface area contributed by atoms with Gasteiger partial charge in [-0.25, -0.2) is 39.3 Å². The van der Waals surface area contributed by atoms with Gasteiger partial charge in [0, 0.05) is 49.4 Å². The molecule has 776 valence electrons. The maximum atomic E-state index is 13.8. The molecule has 7 aromatic heterocycles. The Hall–Kier alpha value is -15.3. The molecular weight excluding hydrogens is 2010 g/mol. The number of benzene rings is 7. The number of para-hydroxylation sites is 7. The van der Waals surface area contributed by atoms with Gasteiger partial charge in [0.25, 0.3) is 38.9 Å². The molecule has 14 aromatic rings. The van der Waals surface area contributed by atoms with Gasteiger partial charge in [0.05, 0.1) is 124 Å². The first kappa shape index (κ1) is 110. The summed E-state index contributed by atoms with van der Waals surface area (Å²) in [6, 6.07) is 30.6. The van der Waals surface area contributed by atoms with Crippen LogP contribution in [-0.4, -0.2) is 112 Å². The largest absolute Gasteiger partial charge is 0.506 e. The molecule has 7 aromatic carbocycles. The summed E-state index contributed by atoms with van der Waals surface area (Å²) in [6.45, 7) is 40.8. The molecule has 7 unspecified atom stereocenters. The number of aromatic nitrogens is 14. The first-order chi connectivity index (χ1) is 70.7. The highest BCUT2D eigenvalue weighted by atomic mass is 79.9. The van der Waals surface area contributed by atoms with Gasteiger partial charge in [0.2, 0.25) is 0 Å². The number of aryl methyl sites for hydroxylation is 8. The van der Waals surface area contributed by atoms with Crippen molar-refractivity contribution in [2.24, 2.45) is 0 Å². The van der Waals surface area contributed by atoms with E-state index in [4.69, 9.17) is 11.6 Å². The Morgan fingerprint density at radius 1 is 0.313 bits per heavy atom. The van der Waals surface area contributed by atoms with E-state index in [9.17, 15) is 89.8 Å². The standard InChI is InChI=1S/C17H15F3N2O2.C17H18N2O2.C16H15BrN2O2.C16H15ClN2O2.C16H15FN2O2.C16H16N2O3.C16H16N2O2.CH4/c1-9-6-7-13(14(23)8-9)22-10(2)21-15-11(16(22)24)4-3-5-12(15)17(18,19)20;1-10-7-8-14(15(20)9-10)19-12(3)18-16-11(2)5-4-6-13(16)17(19)21;3*1-9-6-7-13(14(20)8-9)19-10(2)18-15-11(16(19)21)4-3-5-12(15)17;1-9-6-7-12(14(20)8-9)18-10(2)17-15-11(16(18)21)4-3-5-13(15)19;1-10-6-7-13(14(19)8-10)18-9-17-15-11(2)4-3-5-12(15)16(18)20;/h3-5,13H,1,6-8H2,2H3;4-6,14H,1,7-9H2,2-3H3;3*3-5,13H,1,6-8H2,2H3;3-5,12,19H,1,6-8H2,2H3;3-5,9,13H,1,6-8H2,2H3;1H4. The van der Waals surface area contributed by atoms with Gasteiger partial charge < -0.3 is 5.11 Å². The highest BCUT2D eigenvalue weighted by Crippen LogP contribution is 2.39. The molecule has 0 aliphatic heterocycles. The average molecular weight is 2120 g/mol. The second kappa shape index (κ2) is 45.8. The lowest BCUT2D eigenvalue weighted by Crippen LogP contribution is -2.34. The van der Waals surface area contributed by atoms with E-state index in [1.54, 1.807) is 98.4 Å². The Balaban J connectivity index is 0.000000138. The highest BCUT2D eigenvalue weighted by Gasteiger charge is 2.39. The number of Topliss-reactive ketones (excluding diaryl/α,β-unsaturated/α-hetero) is 7. The summed E-state index contributed by atoms with van der Waals surface area (Å²) in [7, 11) is 0. The SMILES string of the molecule is C.C=C1CCC(n2c(C)nc3c(Br)cccc3c2=O)C(=O)C1.C=C1CCC(n2c(C)nc3c(C(F)(F)F)cccc3c2=O)C(=O)C1.C=C1CCC(n2c(C)nc3c(C)cccc3c2=O)C(=O)C1.C=C1CCC(n2c(C)nc3c(Cl)cccc3c2=O)C(=O)C1.C=C1CCC(n2c(C)nc3c(F)cccc3c2=O)C(=O)C1.C=C1CCC(n2c(C)nc3c(O)cccc3c2=O)C(=O)C1.C=C1CCC(n2cnc3c(C)cccc3c2=O)C(=O)C1. The molecule has 7 aliphatic carbocycles. The van der Waals surface area contributed by atoms with E-state index in [0.717, 1.165) is 98.3 Å². The van der Waals surface area contributed by atoms with Crippen LogP contribution in [-0.2, 0) is 39.7 Å². The molecule has 7 heterocycles. The normalized spacial score (nSPS) is 19.1. The third-order valence-corrected chi connectivity index (χ3v) is 29.1. The molecule has 0 radical (unpaired) electrons. The van der Waals surface area contributed by atoms with Crippen LogP contribution in [0, 0.1) is 61.2 Å². The molecule has 7 atom stereocenters. The van der Waals surface area contributed by atoms with Crippen molar-refractivity contribution in [2.75, 3.05) is 0 Å². The van der Waals surface area contributed by atoms with Crippen LogP contribution in [0.4, 0.5) is 17.6 Å². The van der Waals surface area contributed by atoms with E-state index >= 15 is 0 Å². The van der Waals surface area contributed by atoms with Crippen LogP contribution in [0.15, 0.2) is 257 Å². The number of phenolic OH excluding ortho intramolecular Hbond substituents is 1. The van der Waals surface area contributed by atoms with E-state index in [1.807, 2.05) is 44.2 Å². The average Bonchev–Trinajstić information content (AvgIpc) is 0.761. The maximum Gasteiger partial charge on any atom is 0.418 e. The Morgan fingerprint density at radius 2 is 0.567 bits per heavy atom. The lowest BCUT2D eigenvalue weighted by molar-refractivity contribution is -0.136. The molecule has 150 heavy (non-hydrogen) atoms. The zero-order chi connectivity index (χ0) is 108. The maximum absolute atomic E-state index is 13.8. The molecule has 0 spiro atoms. The molecule has 35 heteroatoms. The van der Waals surface area contributed by atoms with Gasteiger partial charge in [-0.3, -0.25) is 99.1 Å². The van der Waals surface area contributed by atoms with E-state index in [-0.39, 0.29) is 133 Å². The Bertz CT molecular complexity index is 7750. The quantitative estimate of drug-likeness (QED) is 0.114. The fourth-order valence-electron chi connectivity index (χ4n) is 20.6. The van der Waals surface area contributed by atoms with Crippen molar-refractivity contribution in [1.82, 2.24) is 66.9 Å². The Kier molecular flexibility index (Phi) is 33.7. The van der Waals surface area contributed by atoms with Gasteiger partial charge in [-0.15, -0.1) is 0 Å². The lowest BCUT2D eigenvalue weighted by Gasteiger charge is -2.26. The molecule has 21 rings (SSSR count). The monoisotopic (exact) mass is 2120 g/mol. The number of ketones is 7. The number of halogens is 6. The minimum Gasteiger partial charge on any atom is -0.506 e. The Morgan fingerprint density at radius 3 is 0.927 bits per heavy atom. The molecule has 0 amide bonds. The fourth-order valence-corrected chi connectivity index (χ4v) is 21.2. The number of alkyl halides is 3. The van der Waals surface area contributed by atoms with Crippen LogP contribution >= 0.6 is 27.5 Å². The molecule has 0 saturated heterocycles. The fraction of sp³-hybridized carbons (Fsp3) is 0.330. The van der Waals surface area contributed by atoms with Crippen molar-refractivity contribution < 1.29 is 56.2 Å². The van der Waals surface area contributed by atoms with Crippen LogP contribution in [0.5, 0.6) is 5.75 Å². The van der Waals surface area contributed by atoms with E-state index in [1.165, 1.54) is 72.5 Å². The van der Waals surface area contributed by atoms with Crippen molar-refractivity contribution >= 4 is 144 Å². The summed E-state index contributed by atoms with van der Waals surface area (Å²) in [5, 5.41) is 12.8. The van der Waals surface area contributed by atoms with E-state index < -0.39 is 65.4 Å². The zero-order valence-electron chi connectivity index (χ0n) is 83.7. The van der Waals surface area contributed by atoms with E-state index in [2.05, 4.69) is 96.9 Å². The van der Waals surface area contributed by atoms with Gasteiger partial charge >= 0.3 is 6.18 Å². The lowest BCUT2D eigenvalue weighted by atomic mass is 9.90. The summed E-state index contributed by atoms with van der Waals surface area (Å²) in [5.41, 5.74) is 8.04. The number of rotatable bonds is 7. The minimum absolute atomic E-state index is 0. The number of phenols is 1. The number of aromatic hydroxyl groups is 1. The molecule has 7 fully saturated rings. The molecule has 29 nitrogen and oxygen atoms in total. The van der Waals surface area contributed by atoms with Crippen LogP contribution in [0.25, 0.3) is 76.3 Å². The first-order valence-corrected chi connectivity index (χ1v) is 50.0. The first-order valence-electron chi connectivity index (χ1n) is 48.8. The van der Waals surface area contributed by atoms with Crippen LogP contribution in [0.3, 0.4) is 0 Å². The number of hydrogen-bond donors (Lipinski definition) is 1. The third-order valence-electron chi connectivity index (χ3n) is 28.2. The molecule has 7 aliphatic rings. The second-order valence-electron chi connectivity index (χ2n) is 38.8. The number of fused-ring (bicyclic) bond motifs is 7. The van der Waals surface area contributed by atoms with Gasteiger partial charge in [0.1, 0.15) is 57.5 Å². The minimum atomic E-state index is -4.60. The van der Waals surface area contributed by atoms with Gasteiger partial charge in [-0.2, -0.15) is 13.2 Å². The molecular formula is C115H114BrClF4N14O15.